The molecule has 0 bridgehead atoms. The standard InChI is InChI=1S/C20H32O3/c1-13-12-17(23-15(3)22)18-19(4,5)10-7-11-20(18,6)16(13)9-8-14(2)21/h16-18H,1,7-12H2,2-6H3/t16-,17-,18-,20+/m0/s1. The Labute approximate surface area is 140 Å². The second-order valence-electron chi connectivity index (χ2n) is 8.63. The summed E-state index contributed by atoms with van der Waals surface area (Å²) in [7, 11) is 0. The van der Waals surface area contributed by atoms with Gasteiger partial charge in [-0.15, -0.1) is 0 Å². The van der Waals surface area contributed by atoms with Crippen molar-refractivity contribution in [1.82, 2.24) is 0 Å². The van der Waals surface area contributed by atoms with Gasteiger partial charge in [-0.1, -0.05) is 39.3 Å². The Kier molecular flexibility index (Phi) is 5.08. The van der Waals surface area contributed by atoms with Crippen molar-refractivity contribution in [3.8, 4) is 0 Å². The van der Waals surface area contributed by atoms with Crippen LogP contribution in [0.3, 0.4) is 0 Å². The zero-order chi connectivity index (χ0) is 17.4. The molecule has 2 rings (SSSR count). The monoisotopic (exact) mass is 320 g/mol. The Morgan fingerprint density at radius 2 is 1.87 bits per heavy atom. The van der Waals surface area contributed by atoms with E-state index in [2.05, 4.69) is 27.4 Å². The smallest absolute Gasteiger partial charge is 0.302 e. The van der Waals surface area contributed by atoms with Crippen LogP contribution in [0.25, 0.3) is 0 Å². The lowest BCUT2D eigenvalue weighted by Crippen LogP contribution is -2.56. The van der Waals surface area contributed by atoms with Crippen molar-refractivity contribution in [2.75, 3.05) is 0 Å². The maximum atomic E-state index is 11.6. The topological polar surface area (TPSA) is 43.4 Å². The zero-order valence-corrected chi connectivity index (χ0v) is 15.4. The van der Waals surface area contributed by atoms with E-state index in [0.29, 0.717) is 18.3 Å². The predicted molar refractivity (Wildman–Crippen MR) is 91.9 cm³/mol. The fraction of sp³-hybridized carbons (Fsp3) is 0.800. The second-order valence-corrected chi connectivity index (χ2v) is 8.63. The maximum absolute atomic E-state index is 11.6. The Morgan fingerprint density at radius 1 is 1.22 bits per heavy atom. The molecule has 2 aliphatic rings. The Hall–Kier alpha value is -1.12. The molecule has 23 heavy (non-hydrogen) atoms. The van der Waals surface area contributed by atoms with Crippen LogP contribution in [0.2, 0.25) is 0 Å². The summed E-state index contributed by atoms with van der Waals surface area (Å²) in [5.74, 6) is 0.724. The number of carbonyl (C=O) groups is 2. The molecule has 0 unspecified atom stereocenters. The summed E-state index contributed by atoms with van der Waals surface area (Å²) in [5.41, 5.74) is 1.36. The lowest BCUT2D eigenvalue weighted by atomic mass is 9.46. The number of fused-ring (bicyclic) bond motifs is 1. The van der Waals surface area contributed by atoms with Crippen LogP contribution in [0.4, 0.5) is 0 Å². The van der Waals surface area contributed by atoms with E-state index in [1.54, 1.807) is 6.92 Å². The molecule has 130 valence electrons. The Morgan fingerprint density at radius 3 is 2.43 bits per heavy atom. The first-order valence-electron chi connectivity index (χ1n) is 8.92. The third-order valence-corrected chi connectivity index (χ3v) is 6.32. The molecule has 2 saturated carbocycles. The number of esters is 1. The SMILES string of the molecule is C=C1C[C@H](OC(C)=O)[C@H]2C(C)(C)CCC[C@]2(C)[C@H]1CCC(C)=O. The van der Waals surface area contributed by atoms with Gasteiger partial charge in [-0.25, -0.2) is 0 Å². The van der Waals surface area contributed by atoms with Crippen LogP contribution in [-0.2, 0) is 14.3 Å². The maximum Gasteiger partial charge on any atom is 0.302 e. The van der Waals surface area contributed by atoms with Crippen LogP contribution in [-0.4, -0.2) is 17.9 Å². The molecule has 0 aromatic carbocycles. The summed E-state index contributed by atoms with van der Waals surface area (Å²) in [6.45, 7) is 14.4. The van der Waals surface area contributed by atoms with E-state index in [1.807, 2.05) is 0 Å². The minimum absolute atomic E-state index is 0.0622. The van der Waals surface area contributed by atoms with Crippen molar-refractivity contribution < 1.29 is 14.3 Å². The molecule has 0 aliphatic heterocycles. The number of ether oxygens (including phenoxy) is 1. The van der Waals surface area contributed by atoms with Crippen LogP contribution < -0.4 is 0 Å². The predicted octanol–water partition coefficient (Wildman–Crippen LogP) is 4.70. The van der Waals surface area contributed by atoms with Crippen molar-refractivity contribution in [3.05, 3.63) is 12.2 Å². The molecule has 0 N–H and O–H groups in total. The molecule has 0 aromatic heterocycles. The van der Waals surface area contributed by atoms with E-state index >= 15 is 0 Å². The molecule has 0 spiro atoms. The summed E-state index contributed by atoms with van der Waals surface area (Å²) in [6, 6.07) is 0. The van der Waals surface area contributed by atoms with Gasteiger partial charge >= 0.3 is 5.97 Å². The van der Waals surface area contributed by atoms with Gasteiger partial charge in [0.25, 0.3) is 0 Å². The highest BCUT2D eigenvalue weighted by Crippen LogP contribution is 2.62. The highest BCUT2D eigenvalue weighted by Gasteiger charge is 2.57. The van der Waals surface area contributed by atoms with Gasteiger partial charge in [0.2, 0.25) is 0 Å². The van der Waals surface area contributed by atoms with E-state index < -0.39 is 0 Å². The molecule has 4 atom stereocenters. The van der Waals surface area contributed by atoms with Gasteiger partial charge in [0.05, 0.1) is 0 Å². The van der Waals surface area contributed by atoms with E-state index in [4.69, 9.17) is 4.74 Å². The van der Waals surface area contributed by atoms with Crippen molar-refractivity contribution in [1.29, 1.82) is 0 Å². The number of ketones is 1. The minimum atomic E-state index is -0.200. The lowest BCUT2D eigenvalue weighted by Gasteiger charge is -2.60. The molecule has 0 heterocycles. The number of hydrogen-bond donors (Lipinski definition) is 0. The zero-order valence-electron chi connectivity index (χ0n) is 15.4. The van der Waals surface area contributed by atoms with Crippen LogP contribution >= 0.6 is 0 Å². The van der Waals surface area contributed by atoms with Crippen molar-refractivity contribution in [2.24, 2.45) is 22.7 Å². The summed E-state index contributed by atoms with van der Waals surface area (Å²) >= 11 is 0. The van der Waals surface area contributed by atoms with Gasteiger partial charge in [0.15, 0.2) is 0 Å². The molecule has 0 saturated heterocycles. The third kappa shape index (κ3) is 3.54. The minimum Gasteiger partial charge on any atom is -0.462 e. The molecular formula is C20H32O3. The number of rotatable bonds is 4. The molecule has 3 nitrogen and oxygen atoms in total. The highest BCUT2D eigenvalue weighted by molar-refractivity contribution is 5.75. The number of Topliss-reactive ketones (excluding diaryl/α,β-unsaturated/α-hetero) is 1. The van der Waals surface area contributed by atoms with Crippen LogP contribution in [0.15, 0.2) is 12.2 Å². The molecule has 0 aromatic rings. The van der Waals surface area contributed by atoms with Gasteiger partial charge in [-0.05, 0) is 42.9 Å². The third-order valence-electron chi connectivity index (χ3n) is 6.32. The van der Waals surface area contributed by atoms with Gasteiger partial charge in [-0.2, -0.15) is 0 Å². The first kappa shape index (κ1) is 18.2. The fourth-order valence-electron chi connectivity index (χ4n) is 5.64. The van der Waals surface area contributed by atoms with Crippen LogP contribution in [0, 0.1) is 22.7 Å². The van der Waals surface area contributed by atoms with E-state index in [9.17, 15) is 9.59 Å². The normalized spacial score (nSPS) is 36.2. The summed E-state index contributed by atoms with van der Waals surface area (Å²) in [6.07, 6.45) is 5.64. The van der Waals surface area contributed by atoms with E-state index in [0.717, 1.165) is 31.3 Å². The first-order chi connectivity index (χ1) is 10.6. The molecule has 2 aliphatic carbocycles. The van der Waals surface area contributed by atoms with Gasteiger partial charge in [0.1, 0.15) is 11.9 Å². The fourth-order valence-corrected chi connectivity index (χ4v) is 5.64. The molecular weight excluding hydrogens is 288 g/mol. The van der Waals surface area contributed by atoms with Crippen molar-refractivity contribution >= 4 is 11.8 Å². The lowest BCUT2D eigenvalue weighted by molar-refractivity contribution is -0.171. The largest absolute Gasteiger partial charge is 0.462 e. The Bertz CT molecular complexity index is 505. The van der Waals surface area contributed by atoms with Gasteiger partial charge < -0.3 is 9.53 Å². The molecule has 0 radical (unpaired) electrons. The Balaban J connectivity index is 2.37. The van der Waals surface area contributed by atoms with E-state index in [1.165, 1.54) is 13.3 Å². The summed E-state index contributed by atoms with van der Waals surface area (Å²) in [5, 5.41) is 0. The number of carbonyl (C=O) groups excluding carboxylic acids is 2. The molecule has 0 amide bonds. The van der Waals surface area contributed by atoms with Gasteiger partial charge in [-0.3, -0.25) is 4.79 Å². The highest BCUT2D eigenvalue weighted by atomic mass is 16.5. The quantitative estimate of drug-likeness (QED) is 0.557. The number of hydrogen-bond acceptors (Lipinski definition) is 3. The van der Waals surface area contributed by atoms with E-state index in [-0.39, 0.29) is 28.7 Å². The summed E-state index contributed by atoms with van der Waals surface area (Å²) < 4.78 is 5.74. The summed E-state index contributed by atoms with van der Waals surface area (Å²) in [4.78, 5) is 23.1. The second kappa shape index (κ2) is 6.41. The van der Waals surface area contributed by atoms with Crippen LogP contribution in [0.5, 0.6) is 0 Å². The average Bonchev–Trinajstić information content (AvgIpc) is 2.34. The van der Waals surface area contributed by atoms with Crippen molar-refractivity contribution in [3.63, 3.8) is 0 Å². The van der Waals surface area contributed by atoms with Crippen LogP contribution in [0.1, 0.15) is 73.1 Å². The average molecular weight is 320 g/mol. The van der Waals surface area contributed by atoms with Crippen molar-refractivity contribution in [2.45, 2.75) is 79.2 Å². The van der Waals surface area contributed by atoms with Gasteiger partial charge in [0, 0.05) is 25.7 Å². The molecule has 3 heteroatoms. The molecule has 2 fully saturated rings. The first-order valence-corrected chi connectivity index (χ1v) is 8.92.